The SMILES string of the molecule is NCCCNCCCNCCCNCCNCCCNCCCN. The molecule has 0 saturated heterocycles. The molecule has 0 radical (unpaired) electrons. The second kappa shape index (κ2) is 22.7. The predicted octanol–water partition coefficient (Wildman–Crippen LogP) is -1.20. The topological polar surface area (TPSA) is 112 Å². The maximum absolute atomic E-state index is 5.44. The summed E-state index contributed by atoms with van der Waals surface area (Å²) in [6.07, 6.45) is 5.68. The molecule has 0 aromatic carbocycles. The van der Waals surface area contributed by atoms with E-state index in [1.165, 1.54) is 19.3 Å². The molecule has 24 heavy (non-hydrogen) atoms. The van der Waals surface area contributed by atoms with E-state index in [9.17, 15) is 0 Å². The van der Waals surface area contributed by atoms with Crippen molar-refractivity contribution in [1.29, 1.82) is 0 Å². The standard InChI is InChI=1S/C17H43N7/c18-6-1-8-20-10-3-12-22-13-5-15-24-17-16-23-14-4-11-21-9-2-7-19/h20-24H,1-19H2. The fourth-order valence-corrected chi connectivity index (χ4v) is 2.27. The first-order valence-corrected chi connectivity index (χ1v) is 9.85. The van der Waals surface area contributed by atoms with E-state index in [1.807, 2.05) is 0 Å². The molecule has 0 aliphatic heterocycles. The van der Waals surface area contributed by atoms with Gasteiger partial charge in [0.15, 0.2) is 0 Å². The second-order valence-corrected chi connectivity index (χ2v) is 6.10. The van der Waals surface area contributed by atoms with Crippen molar-refractivity contribution in [3.05, 3.63) is 0 Å². The molecule has 9 N–H and O–H groups in total. The summed E-state index contributed by atoms with van der Waals surface area (Å²) < 4.78 is 0. The summed E-state index contributed by atoms with van der Waals surface area (Å²) in [6, 6.07) is 0. The lowest BCUT2D eigenvalue weighted by molar-refractivity contribution is 0.545. The average molecular weight is 346 g/mol. The molecule has 0 amide bonds. The van der Waals surface area contributed by atoms with Crippen LogP contribution in [0.2, 0.25) is 0 Å². The summed E-state index contributed by atoms with van der Waals surface area (Å²) in [7, 11) is 0. The summed E-state index contributed by atoms with van der Waals surface area (Å²) in [6.45, 7) is 12.2. The largest absolute Gasteiger partial charge is 0.330 e. The highest BCUT2D eigenvalue weighted by atomic mass is 14.9. The number of rotatable bonds is 21. The molecule has 0 aliphatic rings. The zero-order valence-electron chi connectivity index (χ0n) is 15.7. The van der Waals surface area contributed by atoms with Crippen molar-refractivity contribution < 1.29 is 0 Å². The van der Waals surface area contributed by atoms with Crippen LogP contribution in [-0.4, -0.2) is 78.5 Å². The zero-order valence-corrected chi connectivity index (χ0v) is 15.7. The molecular formula is C17H43N7. The van der Waals surface area contributed by atoms with Crippen molar-refractivity contribution in [2.75, 3.05) is 78.5 Å². The van der Waals surface area contributed by atoms with Crippen LogP contribution in [0.5, 0.6) is 0 Å². The smallest absolute Gasteiger partial charge is 0.00767 e. The molecule has 7 nitrogen and oxygen atoms in total. The molecule has 0 aromatic heterocycles. The number of hydrogen-bond acceptors (Lipinski definition) is 7. The van der Waals surface area contributed by atoms with Gasteiger partial charge in [0.05, 0.1) is 0 Å². The molecule has 0 saturated carbocycles. The first-order chi connectivity index (χ1) is 11.9. The quantitative estimate of drug-likeness (QED) is 0.131. The number of nitrogens with one attached hydrogen (secondary N) is 5. The Bertz CT molecular complexity index is 195. The van der Waals surface area contributed by atoms with Gasteiger partial charge in [-0.2, -0.15) is 0 Å². The van der Waals surface area contributed by atoms with Crippen LogP contribution in [0.4, 0.5) is 0 Å². The Balaban J connectivity index is 2.93. The molecule has 7 heteroatoms. The minimum absolute atomic E-state index is 0.777. The monoisotopic (exact) mass is 345 g/mol. The lowest BCUT2D eigenvalue weighted by atomic mass is 10.3. The average Bonchev–Trinajstić information content (AvgIpc) is 2.60. The van der Waals surface area contributed by atoms with Gasteiger partial charge in [-0.3, -0.25) is 0 Å². The van der Waals surface area contributed by atoms with Crippen molar-refractivity contribution in [3.8, 4) is 0 Å². The van der Waals surface area contributed by atoms with E-state index < -0.39 is 0 Å². The van der Waals surface area contributed by atoms with Crippen LogP contribution in [0, 0.1) is 0 Å². The maximum atomic E-state index is 5.44. The van der Waals surface area contributed by atoms with Crippen molar-refractivity contribution >= 4 is 0 Å². The molecule has 0 bridgehead atoms. The Morgan fingerprint density at radius 3 is 0.875 bits per heavy atom. The van der Waals surface area contributed by atoms with Crippen LogP contribution in [0.1, 0.15) is 32.1 Å². The van der Waals surface area contributed by atoms with Crippen LogP contribution in [0.25, 0.3) is 0 Å². The summed E-state index contributed by atoms with van der Waals surface area (Å²) in [5.74, 6) is 0. The van der Waals surface area contributed by atoms with Gasteiger partial charge in [0.25, 0.3) is 0 Å². The Morgan fingerprint density at radius 2 is 0.583 bits per heavy atom. The highest BCUT2D eigenvalue weighted by molar-refractivity contribution is 4.57. The van der Waals surface area contributed by atoms with Gasteiger partial charge in [-0.1, -0.05) is 0 Å². The minimum atomic E-state index is 0.777. The molecule has 0 fully saturated rings. The fraction of sp³-hybridized carbons (Fsp3) is 1.00. The molecule has 0 aromatic rings. The normalized spacial score (nSPS) is 11.2. The molecule has 0 aliphatic carbocycles. The van der Waals surface area contributed by atoms with Gasteiger partial charge in [0.1, 0.15) is 0 Å². The van der Waals surface area contributed by atoms with Gasteiger partial charge in [0.2, 0.25) is 0 Å². The summed E-state index contributed by atoms with van der Waals surface area (Å²) in [5, 5.41) is 17.2. The molecule has 0 atom stereocenters. The van der Waals surface area contributed by atoms with Crippen LogP contribution in [0.3, 0.4) is 0 Å². The van der Waals surface area contributed by atoms with Gasteiger partial charge < -0.3 is 38.1 Å². The summed E-state index contributed by atoms with van der Waals surface area (Å²) in [5.41, 5.74) is 10.9. The summed E-state index contributed by atoms with van der Waals surface area (Å²) in [4.78, 5) is 0. The van der Waals surface area contributed by atoms with Gasteiger partial charge in [0, 0.05) is 13.1 Å². The van der Waals surface area contributed by atoms with Crippen molar-refractivity contribution in [1.82, 2.24) is 26.6 Å². The molecule has 0 unspecified atom stereocenters. The Kier molecular flexibility index (Phi) is 22.5. The van der Waals surface area contributed by atoms with Crippen LogP contribution in [-0.2, 0) is 0 Å². The summed E-state index contributed by atoms with van der Waals surface area (Å²) >= 11 is 0. The fourth-order valence-electron chi connectivity index (χ4n) is 2.27. The minimum Gasteiger partial charge on any atom is -0.330 e. The van der Waals surface area contributed by atoms with E-state index in [0.29, 0.717) is 0 Å². The van der Waals surface area contributed by atoms with E-state index in [-0.39, 0.29) is 0 Å². The number of hydrogen-bond donors (Lipinski definition) is 7. The van der Waals surface area contributed by atoms with E-state index in [0.717, 1.165) is 91.4 Å². The number of nitrogens with two attached hydrogens (primary N) is 2. The third-order valence-corrected chi connectivity index (χ3v) is 3.72. The maximum Gasteiger partial charge on any atom is 0.00767 e. The van der Waals surface area contributed by atoms with E-state index in [4.69, 9.17) is 11.5 Å². The first kappa shape index (κ1) is 23.7. The second-order valence-electron chi connectivity index (χ2n) is 6.10. The van der Waals surface area contributed by atoms with Gasteiger partial charge in [-0.15, -0.1) is 0 Å². The third-order valence-electron chi connectivity index (χ3n) is 3.72. The lowest BCUT2D eigenvalue weighted by Crippen LogP contribution is -2.31. The highest BCUT2D eigenvalue weighted by Gasteiger charge is 1.92. The Hall–Kier alpha value is -0.280. The van der Waals surface area contributed by atoms with Crippen LogP contribution >= 0.6 is 0 Å². The molecular weight excluding hydrogens is 302 g/mol. The Morgan fingerprint density at radius 1 is 0.333 bits per heavy atom. The van der Waals surface area contributed by atoms with Gasteiger partial charge in [-0.25, -0.2) is 0 Å². The zero-order chi connectivity index (χ0) is 17.6. The van der Waals surface area contributed by atoms with Crippen molar-refractivity contribution in [3.63, 3.8) is 0 Å². The van der Waals surface area contributed by atoms with Crippen molar-refractivity contribution in [2.45, 2.75) is 32.1 Å². The Labute approximate surface area is 149 Å². The van der Waals surface area contributed by atoms with E-state index >= 15 is 0 Å². The molecule has 0 heterocycles. The van der Waals surface area contributed by atoms with Crippen LogP contribution in [0.15, 0.2) is 0 Å². The molecule has 146 valence electrons. The van der Waals surface area contributed by atoms with Gasteiger partial charge >= 0.3 is 0 Å². The van der Waals surface area contributed by atoms with Gasteiger partial charge in [-0.05, 0) is 97.6 Å². The first-order valence-electron chi connectivity index (χ1n) is 9.85. The van der Waals surface area contributed by atoms with E-state index in [2.05, 4.69) is 26.6 Å². The van der Waals surface area contributed by atoms with Crippen LogP contribution < -0.4 is 38.1 Å². The third kappa shape index (κ3) is 21.7. The lowest BCUT2D eigenvalue weighted by Gasteiger charge is -2.08. The highest BCUT2D eigenvalue weighted by Crippen LogP contribution is 1.78. The molecule has 0 rings (SSSR count). The predicted molar refractivity (Wildman–Crippen MR) is 106 cm³/mol. The van der Waals surface area contributed by atoms with Crippen molar-refractivity contribution in [2.24, 2.45) is 11.5 Å². The van der Waals surface area contributed by atoms with E-state index in [1.54, 1.807) is 0 Å². The molecule has 0 spiro atoms.